The summed E-state index contributed by atoms with van der Waals surface area (Å²) in [6.45, 7) is 3.49. The smallest absolute Gasteiger partial charge is 0.0635 e. The number of nitrogens with two attached hydrogens (primary N) is 1. The first-order valence-electron chi connectivity index (χ1n) is 6.14. The second-order valence-corrected chi connectivity index (χ2v) is 4.98. The molecule has 0 unspecified atom stereocenters. The molecule has 1 aromatic heterocycles. The zero-order valence-electron chi connectivity index (χ0n) is 11.2. The number of hydrogen-bond acceptors (Lipinski definition) is 5. The predicted molar refractivity (Wildman–Crippen MR) is 77.6 cm³/mol. The van der Waals surface area contributed by atoms with Gasteiger partial charge in [-0.05, 0) is 6.07 Å². The summed E-state index contributed by atoms with van der Waals surface area (Å²) in [6, 6.07) is 4.26. The average Bonchev–Trinajstić information content (AvgIpc) is 2.87. The second kappa shape index (κ2) is 9.55. The van der Waals surface area contributed by atoms with Gasteiger partial charge in [0.1, 0.15) is 0 Å². The Morgan fingerprint density at radius 2 is 2.32 bits per heavy atom. The third-order valence-corrected chi connectivity index (χ3v) is 3.44. The van der Waals surface area contributed by atoms with E-state index in [1.165, 1.54) is 4.88 Å². The Hall–Kier alpha value is -1.37. The summed E-state index contributed by atoms with van der Waals surface area (Å²) in [5.74, 6) is 5.87. The molecule has 0 amide bonds. The van der Waals surface area contributed by atoms with E-state index in [-0.39, 0.29) is 0 Å². The summed E-state index contributed by atoms with van der Waals surface area (Å²) >= 11 is 1.69. The maximum atomic E-state index is 8.67. The topological polar surface area (TPSA) is 62.3 Å². The van der Waals surface area contributed by atoms with E-state index in [1.54, 1.807) is 18.4 Å². The van der Waals surface area contributed by atoms with Crippen LogP contribution in [-0.2, 0) is 11.3 Å². The van der Waals surface area contributed by atoms with Gasteiger partial charge in [0.25, 0.3) is 0 Å². The quantitative estimate of drug-likeness (QED) is 0.766. The van der Waals surface area contributed by atoms with Gasteiger partial charge in [0.05, 0.1) is 19.2 Å². The van der Waals surface area contributed by atoms with Crippen molar-refractivity contribution < 1.29 is 4.74 Å². The minimum atomic E-state index is 0.382. The van der Waals surface area contributed by atoms with Gasteiger partial charge in [0.2, 0.25) is 0 Å². The number of nitrogens with zero attached hydrogens (tertiary/aromatic N) is 2. The summed E-state index contributed by atoms with van der Waals surface area (Å²) in [7, 11) is 1.69. The molecule has 0 aromatic carbocycles. The normalized spacial score (nSPS) is 10.0. The fourth-order valence-electron chi connectivity index (χ4n) is 1.60. The Balaban J connectivity index is 2.56. The fraction of sp³-hybridized carbons (Fsp3) is 0.500. The van der Waals surface area contributed by atoms with Crippen molar-refractivity contribution in [2.75, 3.05) is 33.4 Å². The van der Waals surface area contributed by atoms with Crippen molar-refractivity contribution in [2.45, 2.75) is 13.0 Å². The number of rotatable bonds is 7. The Morgan fingerprint density at radius 3 is 3.00 bits per heavy atom. The molecule has 1 aromatic rings. The van der Waals surface area contributed by atoms with E-state index < -0.39 is 0 Å². The summed E-state index contributed by atoms with van der Waals surface area (Å²) in [4.78, 5) is 3.47. The van der Waals surface area contributed by atoms with Crippen molar-refractivity contribution in [1.29, 1.82) is 5.26 Å². The average molecular weight is 277 g/mol. The van der Waals surface area contributed by atoms with Crippen molar-refractivity contribution in [3.8, 4) is 17.9 Å². The number of ether oxygens (including phenoxy) is 1. The lowest BCUT2D eigenvalue weighted by molar-refractivity contribution is 0.146. The first kappa shape index (κ1) is 15.7. The maximum absolute atomic E-state index is 8.67. The SMILES string of the molecule is COCCN(CCC#N)Cc1cc(C#CCN)cs1. The van der Waals surface area contributed by atoms with E-state index in [0.29, 0.717) is 19.6 Å². The largest absolute Gasteiger partial charge is 0.383 e. The zero-order chi connectivity index (χ0) is 13.9. The lowest BCUT2D eigenvalue weighted by atomic mass is 10.3. The summed E-state index contributed by atoms with van der Waals surface area (Å²) in [5, 5.41) is 10.7. The van der Waals surface area contributed by atoms with Gasteiger partial charge in [0.15, 0.2) is 0 Å². The molecule has 0 bridgehead atoms. The highest BCUT2D eigenvalue weighted by Gasteiger charge is 2.07. The van der Waals surface area contributed by atoms with Crippen LogP contribution in [0.3, 0.4) is 0 Å². The minimum absolute atomic E-state index is 0.382. The first-order chi connectivity index (χ1) is 9.30. The van der Waals surface area contributed by atoms with Crippen LogP contribution < -0.4 is 5.73 Å². The highest BCUT2D eigenvalue weighted by atomic mass is 32.1. The molecule has 4 nitrogen and oxygen atoms in total. The Morgan fingerprint density at radius 1 is 1.47 bits per heavy atom. The number of methoxy groups -OCH3 is 1. The summed E-state index contributed by atoms with van der Waals surface area (Å²) < 4.78 is 5.09. The summed E-state index contributed by atoms with van der Waals surface area (Å²) in [6.07, 6.45) is 0.537. The second-order valence-electron chi connectivity index (χ2n) is 3.98. The van der Waals surface area contributed by atoms with E-state index in [9.17, 15) is 0 Å². The van der Waals surface area contributed by atoms with Crippen LogP contribution in [0, 0.1) is 23.2 Å². The summed E-state index contributed by atoms with van der Waals surface area (Å²) in [5.41, 5.74) is 6.36. The molecule has 19 heavy (non-hydrogen) atoms. The standard InChI is InChI=1S/C14H19N3OS/c1-18-9-8-17(7-3-6-16)11-14-10-13(12-19-14)4-2-5-15/h10,12H,3,5,7-9,11,15H2,1H3. The third kappa shape index (κ3) is 6.37. The first-order valence-corrected chi connectivity index (χ1v) is 7.02. The Labute approximate surface area is 118 Å². The molecule has 5 heteroatoms. The highest BCUT2D eigenvalue weighted by molar-refractivity contribution is 7.10. The van der Waals surface area contributed by atoms with E-state index in [2.05, 4.69) is 28.9 Å². The van der Waals surface area contributed by atoms with Crippen LogP contribution >= 0.6 is 11.3 Å². The third-order valence-electron chi connectivity index (χ3n) is 2.52. The molecule has 1 heterocycles. The lowest BCUT2D eigenvalue weighted by Crippen LogP contribution is -2.27. The number of thiophene rings is 1. The van der Waals surface area contributed by atoms with E-state index in [4.69, 9.17) is 15.7 Å². The van der Waals surface area contributed by atoms with Gasteiger partial charge in [-0.3, -0.25) is 4.90 Å². The van der Waals surface area contributed by atoms with Crippen LogP contribution in [-0.4, -0.2) is 38.3 Å². The molecule has 0 aliphatic heterocycles. The van der Waals surface area contributed by atoms with Crippen molar-refractivity contribution in [3.05, 3.63) is 21.9 Å². The lowest BCUT2D eigenvalue weighted by Gasteiger charge is -2.19. The molecule has 102 valence electrons. The van der Waals surface area contributed by atoms with Crippen LogP contribution in [0.2, 0.25) is 0 Å². The number of nitriles is 1. The molecule has 2 N–H and O–H groups in total. The Bertz CT molecular complexity index is 467. The van der Waals surface area contributed by atoms with Gasteiger partial charge in [-0.2, -0.15) is 5.26 Å². The molecule has 0 radical (unpaired) electrons. The molecule has 0 saturated carbocycles. The van der Waals surface area contributed by atoms with Crippen LogP contribution in [0.25, 0.3) is 0 Å². The highest BCUT2D eigenvalue weighted by Crippen LogP contribution is 2.16. The van der Waals surface area contributed by atoms with E-state index in [0.717, 1.165) is 25.2 Å². The van der Waals surface area contributed by atoms with Gasteiger partial charge in [-0.25, -0.2) is 0 Å². The molecule has 0 atom stereocenters. The molecule has 0 spiro atoms. The minimum Gasteiger partial charge on any atom is -0.383 e. The molecule has 0 aliphatic carbocycles. The molecular weight excluding hydrogens is 258 g/mol. The van der Waals surface area contributed by atoms with Gasteiger partial charge in [-0.1, -0.05) is 11.8 Å². The monoisotopic (exact) mass is 277 g/mol. The van der Waals surface area contributed by atoms with Gasteiger partial charge in [0, 0.05) is 49.0 Å². The number of hydrogen-bond donors (Lipinski definition) is 1. The van der Waals surface area contributed by atoms with E-state index in [1.807, 2.05) is 5.38 Å². The van der Waals surface area contributed by atoms with Crippen LogP contribution in [0.5, 0.6) is 0 Å². The maximum Gasteiger partial charge on any atom is 0.0635 e. The Kier molecular flexibility index (Phi) is 7.88. The van der Waals surface area contributed by atoms with Crippen molar-refractivity contribution >= 4 is 11.3 Å². The van der Waals surface area contributed by atoms with Crippen LogP contribution in [0.4, 0.5) is 0 Å². The van der Waals surface area contributed by atoms with Crippen molar-refractivity contribution in [3.63, 3.8) is 0 Å². The van der Waals surface area contributed by atoms with Gasteiger partial charge < -0.3 is 10.5 Å². The molecule has 1 rings (SSSR count). The fourth-order valence-corrected chi connectivity index (χ4v) is 2.46. The predicted octanol–water partition coefficient (Wildman–Crippen LogP) is 1.42. The van der Waals surface area contributed by atoms with Crippen LogP contribution in [0.1, 0.15) is 16.9 Å². The van der Waals surface area contributed by atoms with Crippen molar-refractivity contribution in [1.82, 2.24) is 4.90 Å². The van der Waals surface area contributed by atoms with Gasteiger partial charge >= 0.3 is 0 Å². The van der Waals surface area contributed by atoms with Crippen LogP contribution in [0.15, 0.2) is 11.4 Å². The molecule has 0 fully saturated rings. The van der Waals surface area contributed by atoms with Gasteiger partial charge in [-0.15, -0.1) is 11.3 Å². The van der Waals surface area contributed by atoms with Crippen molar-refractivity contribution in [2.24, 2.45) is 5.73 Å². The molecular formula is C14H19N3OS. The zero-order valence-corrected chi connectivity index (χ0v) is 12.0. The molecule has 0 aliphatic rings. The molecule has 0 saturated heterocycles. The van der Waals surface area contributed by atoms with E-state index >= 15 is 0 Å².